The van der Waals surface area contributed by atoms with Crippen LogP contribution in [0.25, 0.3) is 10.8 Å². The summed E-state index contributed by atoms with van der Waals surface area (Å²) in [6.45, 7) is 0. The Hall–Kier alpha value is -3.39. The predicted octanol–water partition coefficient (Wildman–Crippen LogP) is 3.05. The fourth-order valence-corrected chi connectivity index (χ4v) is 3.58. The molecule has 0 fully saturated rings. The Kier molecular flexibility index (Phi) is 5.32. The van der Waals surface area contributed by atoms with Crippen molar-refractivity contribution in [1.29, 1.82) is 0 Å². The number of fused-ring (bicyclic) bond motifs is 1. The number of nitrogens with one attached hydrogen (secondary N) is 2. The molecule has 3 amide bonds. The zero-order valence-corrected chi connectivity index (χ0v) is 16.2. The number of hydrogen-bond donors (Lipinski definition) is 2. The summed E-state index contributed by atoms with van der Waals surface area (Å²) in [5.41, 5.74) is 0.717. The number of carbonyl (C=O) groups is 2. The van der Waals surface area contributed by atoms with Crippen molar-refractivity contribution in [3.63, 3.8) is 0 Å². The van der Waals surface area contributed by atoms with Crippen LogP contribution in [0.2, 0.25) is 0 Å². The van der Waals surface area contributed by atoms with E-state index < -0.39 is 15.9 Å². The smallest absolute Gasteiger partial charge is 0.321 e. The van der Waals surface area contributed by atoms with Gasteiger partial charge in [0.15, 0.2) is 0 Å². The molecule has 8 heteroatoms. The van der Waals surface area contributed by atoms with Crippen molar-refractivity contribution in [2.45, 2.75) is 4.90 Å². The lowest BCUT2D eigenvalue weighted by molar-refractivity contribution is 0.0983. The highest BCUT2D eigenvalue weighted by molar-refractivity contribution is 7.90. The normalized spacial score (nSPS) is 11.1. The Bertz CT molecular complexity index is 1130. The van der Waals surface area contributed by atoms with E-state index in [4.69, 9.17) is 0 Å². The van der Waals surface area contributed by atoms with Gasteiger partial charge in [-0.15, -0.1) is 0 Å². The minimum Gasteiger partial charge on any atom is -0.331 e. The summed E-state index contributed by atoms with van der Waals surface area (Å²) in [5, 5.41) is 4.12. The lowest BCUT2D eigenvalue weighted by Gasteiger charge is -2.12. The molecule has 2 N–H and O–H groups in total. The highest BCUT2D eigenvalue weighted by Gasteiger charge is 2.20. The van der Waals surface area contributed by atoms with Gasteiger partial charge in [0.05, 0.1) is 4.90 Å². The maximum atomic E-state index is 12.6. The number of carbonyl (C=O) groups excluding carboxylic acids is 2. The molecule has 0 bridgehead atoms. The van der Waals surface area contributed by atoms with E-state index in [1.54, 1.807) is 38.4 Å². The van der Waals surface area contributed by atoms with E-state index in [2.05, 4.69) is 10.0 Å². The molecule has 0 radical (unpaired) electrons. The zero-order valence-electron chi connectivity index (χ0n) is 15.3. The van der Waals surface area contributed by atoms with Crippen LogP contribution in [0.3, 0.4) is 0 Å². The lowest BCUT2D eigenvalue weighted by Crippen LogP contribution is -2.30. The van der Waals surface area contributed by atoms with Gasteiger partial charge in [0.1, 0.15) is 0 Å². The summed E-state index contributed by atoms with van der Waals surface area (Å²) in [4.78, 5) is 25.5. The number of rotatable bonds is 4. The molecule has 0 atom stereocenters. The average Bonchev–Trinajstić information content (AvgIpc) is 2.67. The fourth-order valence-electron chi connectivity index (χ4n) is 2.61. The molecule has 0 saturated heterocycles. The van der Waals surface area contributed by atoms with E-state index in [9.17, 15) is 18.0 Å². The predicted molar refractivity (Wildman–Crippen MR) is 108 cm³/mol. The van der Waals surface area contributed by atoms with Gasteiger partial charge in [-0.2, -0.15) is 0 Å². The molecule has 0 unspecified atom stereocenters. The third kappa shape index (κ3) is 4.12. The molecule has 3 aromatic carbocycles. The maximum absolute atomic E-state index is 12.6. The highest BCUT2D eigenvalue weighted by Crippen LogP contribution is 2.20. The molecule has 0 aliphatic rings. The molecule has 0 saturated carbocycles. The van der Waals surface area contributed by atoms with Gasteiger partial charge in [-0.25, -0.2) is 17.9 Å². The minimum absolute atomic E-state index is 0.0797. The zero-order chi connectivity index (χ0) is 20.3. The van der Waals surface area contributed by atoms with Crippen LogP contribution in [0, 0.1) is 0 Å². The van der Waals surface area contributed by atoms with Crippen LogP contribution >= 0.6 is 0 Å². The van der Waals surface area contributed by atoms with Crippen LogP contribution < -0.4 is 10.0 Å². The molecule has 144 valence electrons. The number of sulfonamides is 1. The van der Waals surface area contributed by atoms with Gasteiger partial charge in [0.25, 0.3) is 15.9 Å². The average molecular weight is 397 g/mol. The van der Waals surface area contributed by atoms with Gasteiger partial charge >= 0.3 is 6.03 Å². The Morgan fingerprint density at radius 3 is 2.18 bits per heavy atom. The van der Waals surface area contributed by atoms with E-state index in [-0.39, 0.29) is 16.5 Å². The molecular weight excluding hydrogens is 378 g/mol. The Labute approximate surface area is 163 Å². The molecule has 0 spiro atoms. The second kappa shape index (κ2) is 7.69. The number of hydrogen-bond acceptors (Lipinski definition) is 4. The number of urea groups is 1. The van der Waals surface area contributed by atoms with Crippen LogP contribution in [0.1, 0.15) is 10.4 Å². The first-order valence-electron chi connectivity index (χ1n) is 8.41. The van der Waals surface area contributed by atoms with Gasteiger partial charge < -0.3 is 10.2 Å². The summed E-state index contributed by atoms with van der Waals surface area (Å²) < 4.78 is 27.2. The summed E-state index contributed by atoms with van der Waals surface area (Å²) in [7, 11) is -0.872. The van der Waals surface area contributed by atoms with Crippen LogP contribution in [0.5, 0.6) is 0 Å². The van der Waals surface area contributed by atoms with Gasteiger partial charge in [0.2, 0.25) is 0 Å². The van der Waals surface area contributed by atoms with Gasteiger partial charge in [-0.05, 0) is 41.1 Å². The van der Waals surface area contributed by atoms with Gasteiger partial charge in [-0.3, -0.25) is 4.79 Å². The molecule has 3 rings (SSSR count). The SMILES string of the molecule is CN(C)C(=O)Nc1ccc(S(=O)(=O)NC(=O)c2cccc3ccccc23)cc1. The van der Waals surface area contributed by atoms with Crippen molar-refractivity contribution >= 4 is 38.4 Å². The van der Waals surface area contributed by atoms with Crippen molar-refractivity contribution in [1.82, 2.24) is 9.62 Å². The van der Waals surface area contributed by atoms with E-state index >= 15 is 0 Å². The summed E-state index contributed by atoms with van der Waals surface area (Å²) >= 11 is 0. The summed E-state index contributed by atoms with van der Waals surface area (Å²) in [6.07, 6.45) is 0. The number of nitrogens with zero attached hydrogens (tertiary/aromatic N) is 1. The molecular formula is C20H19N3O4S. The summed E-state index contributed by atoms with van der Waals surface area (Å²) in [6, 6.07) is 17.6. The molecule has 0 heterocycles. The topological polar surface area (TPSA) is 95.6 Å². The quantitative estimate of drug-likeness (QED) is 0.707. The highest BCUT2D eigenvalue weighted by atomic mass is 32.2. The minimum atomic E-state index is -4.06. The molecule has 0 aliphatic heterocycles. The van der Waals surface area contributed by atoms with Crippen molar-refractivity contribution in [3.05, 3.63) is 72.3 Å². The Morgan fingerprint density at radius 2 is 1.50 bits per heavy atom. The first-order valence-corrected chi connectivity index (χ1v) is 9.89. The maximum Gasteiger partial charge on any atom is 0.321 e. The molecule has 3 aromatic rings. The van der Waals surface area contributed by atoms with E-state index in [0.717, 1.165) is 5.39 Å². The van der Waals surface area contributed by atoms with E-state index in [1.165, 1.54) is 29.2 Å². The monoisotopic (exact) mass is 397 g/mol. The largest absolute Gasteiger partial charge is 0.331 e. The molecule has 0 aromatic heterocycles. The Balaban J connectivity index is 1.81. The molecule has 7 nitrogen and oxygen atoms in total. The van der Waals surface area contributed by atoms with E-state index in [1.807, 2.05) is 18.2 Å². The Morgan fingerprint density at radius 1 is 0.857 bits per heavy atom. The van der Waals surface area contributed by atoms with E-state index in [0.29, 0.717) is 11.1 Å². The molecule has 28 heavy (non-hydrogen) atoms. The first kappa shape index (κ1) is 19.4. The third-order valence-corrected chi connectivity index (χ3v) is 5.43. The second-order valence-corrected chi connectivity index (χ2v) is 7.99. The summed E-state index contributed by atoms with van der Waals surface area (Å²) in [5.74, 6) is -0.707. The van der Waals surface area contributed by atoms with Gasteiger partial charge in [-0.1, -0.05) is 36.4 Å². The number of benzene rings is 3. The van der Waals surface area contributed by atoms with Crippen molar-refractivity contribution in [2.24, 2.45) is 0 Å². The van der Waals surface area contributed by atoms with Crippen molar-refractivity contribution < 1.29 is 18.0 Å². The third-order valence-electron chi connectivity index (χ3n) is 4.08. The van der Waals surface area contributed by atoms with Crippen molar-refractivity contribution in [2.75, 3.05) is 19.4 Å². The molecule has 0 aliphatic carbocycles. The fraction of sp³-hybridized carbons (Fsp3) is 0.100. The number of amides is 3. The van der Waals surface area contributed by atoms with Crippen molar-refractivity contribution in [3.8, 4) is 0 Å². The van der Waals surface area contributed by atoms with Crippen LogP contribution in [0.4, 0.5) is 10.5 Å². The standard InChI is InChI=1S/C20H19N3O4S/c1-23(2)20(25)21-15-10-12-16(13-11-15)28(26,27)22-19(24)18-9-5-7-14-6-3-4-8-17(14)18/h3-13H,1-2H3,(H,21,25)(H,22,24). The lowest BCUT2D eigenvalue weighted by atomic mass is 10.0. The van der Waals surface area contributed by atoms with Gasteiger partial charge in [0, 0.05) is 25.3 Å². The van der Waals surface area contributed by atoms with Crippen LogP contribution in [0.15, 0.2) is 71.6 Å². The van der Waals surface area contributed by atoms with Crippen LogP contribution in [-0.2, 0) is 10.0 Å². The first-order chi connectivity index (χ1) is 13.3. The number of anilines is 1. The second-order valence-electron chi connectivity index (χ2n) is 6.31. The van der Waals surface area contributed by atoms with Crippen LogP contribution in [-0.4, -0.2) is 39.4 Å².